The summed E-state index contributed by atoms with van der Waals surface area (Å²) in [5, 5.41) is 3.18. The van der Waals surface area contributed by atoms with Gasteiger partial charge in [-0.05, 0) is 50.4 Å². The molecule has 0 radical (unpaired) electrons. The zero-order valence-corrected chi connectivity index (χ0v) is 19.2. The summed E-state index contributed by atoms with van der Waals surface area (Å²) in [5.74, 6) is 0.403. The summed E-state index contributed by atoms with van der Waals surface area (Å²) in [7, 11) is 6.22. The molecule has 3 atom stereocenters. The highest BCUT2D eigenvalue weighted by atomic mass is 16.2. The molecule has 3 aliphatic rings. The van der Waals surface area contributed by atoms with Crippen LogP contribution in [0.2, 0.25) is 0 Å². The van der Waals surface area contributed by atoms with E-state index in [2.05, 4.69) is 51.3 Å². The Balaban J connectivity index is 1.38. The Kier molecular flexibility index (Phi) is 6.82. The van der Waals surface area contributed by atoms with Gasteiger partial charge in [-0.3, -0.25) is 19.4 Å². The normalized spacial score (nSPS) is 27.1. The van der Waals surface area contributed by atoms with Crippen LogP contribution in [-0.2, 0) is 16.1 Å². The van der Waals surface area contributed by atoms with E-state index in [0.717, 1.165) is 51.9 Å². The van der Waals surface area contributed by atoms with Gasteiger partial charge in [-0.25, -0.2) is 0 Å². The quantitative estimate of drug-likeness (QED) is 0.746. The molecule has 7 nitrogen and oxygen atoms in total. The molecule has 3 heterocycles. The van der Waals surface area contributed by atoms with Crippen molar-refractivity contribution < 1.29 is 9.59 Å². The van der Waals surface area contributed by atoms with Crippen LogP contribution in [0.15, 0.2) is 24.3 Å². The number of likely N-dealkylation sites (tertiary alicyclic amines) is 2. The first kappa shape index (κ1) is 22.1. The summed E-state index contributed by atoms with van der Waals surface area (Å²) >= 11 is 0. The fourth-order valence-corrected chi connectivity index (χ4v) is 5.37. The summed E-state index contributed by atoms with van der Waals surface area (Å²) in [5.41, 5.74) is 2.42. The van der Waals surface area contributed by atoms with Crippen molar-refractivity contribution >= 4 is 17.5 Å². The first-order valence-corrected chi connectivity index (χ1v) is 11.7. The first-order chi connectivity index (χ1) is 14.9. The van der Waals surface area contributed by atoms with Crippen LogP contribution in [0.4, 0.5) is 5.69 Å². The molecule has 0 aliphatic carbocycles. The van der Waals surface area contributed by atoms with Crippen LogP contribution in [0.5, 0.6) is 0 Å². The highest BCUT2D eigenvalue weighted by molar-refractivity contribution is 5.83. The second-order valence-electron chi connectivity index (χ2n) is 9.52. The van der Waals surface area contributed by atoms with Crippen molar-refractivity contribution in [2.45, 2.75) is 56.8 Å². The molecular formula is C24H37N5O2. The lowest BCUT2D eigenvalue weighted by atomic mass is 10.0. The minimum atomic E-state index is -0.127. The van der Waals surface area contributed by atoms with E-state index < -0.39 is 0 Å². The number of carbonyl (C=O) groups excluding carboxylic acids is 2. The molecule has 0 saturated carbocycles. The maximum absolute atomic E-state index is 13.0. The SMILES string of the molecule is CN(C)c1ccc(CN2CCC3C2C(=O)NCC(CCC(=O)N2CCCC2)N3C)cc1. The highest BCUT2D eigenvalue weighted by Gasteiger charge is 2.44. The van der Waals surface area contributed by atoms with Crippen LogP contribution >= 0.6 is 0 Å². The molecule has 0 aromatic heterocycles. The summed E-state index contributed by atoms with van der Waals surface area (Å²) in [6, 6.07) is 8.88. The van der Waals surface area contributed by atoms with Crippen molar-refractivity contribution in [2.75, 3.05) is 52.2 Å². The fourth-order valence-electron chi connectivity index (χ4n) is 5.37. The Morgan fingerprint density at radius 2 is 1.84 bits per heavy atom. The van der Waals surface area contributed by atoms with E-state index in [1.54, 1.807) is 0 Å². The molecule has 170 valence electrons. The number of rotatable bonds is 6. The number of hydrogen-bond donors (Lipinski definition) is 1. The van der Waals surface area contributed by atoms with Gasteiger partial charge in [0.05, 0.1) is 0 Å². The van der Waals surface area contributed by atoms with E-state index >= 15 is 0 Å². The number of carbonyl (C=O) groups is 2. The Hall–Kier alpha value is -2.12. The highest BCUT2D eigenvalue weighted by Crippen LogP contribution is 2.29. The molecule has 0 spiro atoms. The number of nitrogens with zero attached hydrogens (tertiary/aromatic N) is 4. The average molecular weight is 428 g/mol. The van der Waals surface area contributed by atoms with Crippen molar-refractivity contribution in [3.05, 3.63) is 29.8 Å². The lowest BCUT2D eigenvalue weighted by Crippen LogP contribution is -2.49. The molecule has 3 saturated heterocycles. The van der Waals surface area contributed by atoms with Gasteiger partial charge in [-0.2, -0.15) is 0 Å². The van der Waals surface area contributed by atoms with E-state index in [9.17, 15) is 9.59 Å². The lowest BCUT2D eigenvalue weighted by Gasteiger charge is -2.33. The Morgan fingerprint density at radius 3 is 2.52 bits per heavy atom. The Labute approximate surface area is 186 Å². The molecule has 1 aromatic carbocycles. The van der Waals surface area contributed by atoms with E-state index in [0.29, 0.717) is 13.0 Å². The van der Waals surface area contributed by atoms with Gasteiger partial charge in [-0.1, -0.05) is 12.1 Å². The third kappa shape index (κ3) is 4.88. The first-order valence-electron chi connectivity index (χ1n) is 11.7. The number of amides is 2. The minimum Gasteiger partial charge on any atom is -0.378 e. The number of nitrogens with one attached hydrogen (secondary N) is 1. The molecule has 1 aromatic rings. The largest absolute Gasteiger partial charge is 0.378 e. The summed E-state index contributed by atoms with van der Waals surface area (Å²) in [4.78, 5) is 34.3. The molecule has 0 bridgehead atoms. The molecule has 3 aliphatic heterocycles. The van der Waals surface area contributed by atoms with Crippen LogP contribution in [0, 0.1) is 0 Å². The number of likely N-dealkylation sites (N-methyl/N-ethyl adjacent to an activating group) is 1. The van der Waals surface area contributed by atoms with Crippen molar-refractivity contribution in [1.29, 1.82) is 0 Å². The minimum absolute atomic E-state index is 0.127. The van der Waals surface area contributed by atoms with Crippen molar-refractivity contribution in [1.82, 2.24) is 20.0 Å². The predicted octanol–water partition coefficient (Wildman–Crippen LogP) is 1.53. The van der Waals surface area contributed by atoms with Gasteiger partial charge in [-0.15, -0.1) is 0 Å². The van der Waals surface area contributed by atoms with Gasteiger partial charge < -0.3 is 15.1 Å². The number of benzene rings is 1. The van der Waals surface area contributed by atoms with Crippen molar-refractivity contribution in [3.8, 4) is 0 Å². The average Bonchev–Trinajstić information content (AvgIpc) is 3.41. The van der Waals surface area contributed by atoms with Crippen LogP contribution in [0.25, 0.3) is 0 Å². The molecule has 31 heavy (non-hydrogen) atoms. The molecule has 4 rings (SSSR count). The second kappa shape index (κ2) is 9.57. The van der Waals surface area contributed by atoms with Gasteiger partial charge in [0.25, 0.3) is 0 Å². The summed E-state index contributed by atoms with van der Waals surface area (Å²) < 4.78 is 0. The maximum Gasteiger partial charge on any atom is 0.239 e. The number of fused-ring (bicyclic) bond motifs is 1. The zero-order valence-electron chi connectivity index (χ0n) is 19.2. The van der Waals surface area contributed by atoms with Crippen LogP contribution in [0.3, 0.4) is 0 Å². The molecular weight excluding hydrogens is 390 g/mol. The standard InChI is InChI=1S/C24H37N5O2/c1-26(2)19-8-6-18(7-9-19)17-29-15-12-21-23(29)24(31)25-16-20(27(21)3)10-11-22(30)28-13-4-5-14-28/h6-9,20-21,23H,4-5,10-17H2,1-3H3,(H,25,31). The summed E-state index contributed by atoms with van der Waals surface area (Å²) in [6.45, 7) is 4.15. The predicted molar refractivity (Wildman–Crippen MR) is 123 cm³/mol. The maximum atomic E-state index is 13.0. The van der Waals surface area contributed by atoms with Gasteiger partial charge in [0.15, 0.2) is 0 Å². The Morgan fingerprint density at radius 1 is 1.13 bits per heavy atom. The van der Waals surface area contributed by atoms with Gasteiger partial charge >= 0.3 is 0 Å². The van der Waals surface area contributed by atoms with E-state index in [1.165, 1.54) is 11.3 Å². The second-order valence-corrected chi connectivity index (χ2v) is 9.52. The molecule has 3 fully saturated rings. The zero-order chi connectivity index (χ0) is 22.0. The van der Waals surface area contributed by atoms with E-state index in [-0.39, 0.29) is 29.9 Å². The lowest BCUT2D eigenvalue weighted by molar-refractivity contribution is -0.130. The van der Waals surface area contributed by atoms with Gasteiger partial charge in [0.1, 0.15) is 6.04 Å². The monoisotopic (exact) mass is 427 g/mol. The Bertz CT molecular complexity index is 775. The smallest absolute Gasteiger partial charge is 0.239 e. The van der Waals surface area contributed by atoms with Crippen molar-refractivity contribution in [3.63, 3.8) is 0 Å². The molecule has 2 amide bonds. The van der Waals surface area contributed by atoms with Crippen LogP contribution in [0.1, 0.15) is 37.7 Å². The third-order valence-electron chi connectivity index (χ3n) is 7.34. The third-order valence-corrected chi connectivity index (χ3v) is 7.34. The van der Waals surface area contributed by atoms with E-state index in [1.807, 2.05) is 19.0 Å². The summed E-state index contributed by atoms with van der Waals surface area (Å²) in [6.07, 6.45) is 4.62. The van der Waals surface area contributed by atoms with Crippen LogP contribution in [-0.4, -0.2) is 92.0 Å². The molecule has 1 N–H and O–H groups in total. The molecule has 3 unspecified atom stereocenters. The topological polar surface area (TPSA) is 59.1 Å². The molecule has 7 heteroatoms. The van der Waals surface area contributed by atoms with Gasteiger partial charge in [0, 0.05) is 71.0 Å². The number of hydrogen-bond acceptors (Lipinski definition) is 5. The van der Waals surface area contributed by atoms with Gasteiger partial charge in [0.2, 0.25) is 11.8 Å². The van der Waals surface area contributed by atoms with E-state index in [4.69, 9.17) is 0 Å². The number of anilines is 1. The van der Waals surface area contributed by atoms with Crippen LogP contribution < -0.4 is 10.2 Å². The van der Waals surface area contributed by atoms with Crippen molar-refractivity contribution in [2.24, 2.45) is 0 Å². The fraction of sp³-hybridized carbons (Fsp3) is 0.667.